The zero-order valence-electron chi connectivity index (χ0n) is 24.1. The number of aliphatic hydroxyl groups excluding tert-OH is 2. The Morgan fingerprint density at radius 2 is 1.39 bits per heavy atom. The fourth-order valence-electron chi connectivity index (χ4n) is 4.42. The molecule has 44 heavy (non-hydrogen) atoms. The van der Waals surface area contributed by atoms with Gasteiger partial charge in [-0.05, 0) is 35.2 Å². The molecule has 0 heterocycles. The minimum Gasteiger partial charge on any atom is -0.480 e. The topological polar surface area (TPSA) is 220 Å². The molecule has 3 aromatic rings. The minimum atomic E-state index is -1.64. The van der Waals surface area contributed by atoms with Crippen LogP contribution in [-0.4, -0.2) is 88.3 Å². The van der Waals surface area contributed by atoms with E-state index in [9.17, 15) is 29.1 Å². The number of aliphatic carboxylic acids is 1. The van der Waals surface area contributed by atoms with Crippen molar-refractivity contribution in [3.05, 3.63) is 83.9 Å². The molecule has 3 rings (SSSR count). The summed E-state index contributed by atoms with van der Waals surface area (Å²) in [5.74, 6) is -4.68. The van der Waals surface area contributed by atoms with Crippen LogP contribution in [0.1, 0.15) is 18.1 Å². The lowest BCUT2D eigenvalue weighted by Gasteiger charge is -2.23. The summed E-state index contributed by atoms with van der Waals surface area (Å²) in [5.41, 5.74) is 7.79. The number of benzene rings is 3. The van der Waals surface area contributed by atoms with Crippen molar-refractivity contribution in [2.45, 2.75) is 50.0 Å². The molecule has 13 nitrogen and oxygen atoms in total. The van der Waals surface area contributed by atoms with Crippen molar-refractivity contribution in [3.63, 3.8) is 0 Å². The molecule has 0 bridgehead atoms. The van der Waals surface area contributed by atoms with E-state index < -0.39 is 73.0 Å². The number of hydrogen-bond donors (Lipinski definition) is 8. The van der Waals surface area contributed by atoms with Gasteiger partial charge in [0, 0.05) is 6.42 Å². The summed E-state index contributed by atoms with van der Waals surface area (Å²) in [7, 11) is 0. The Bertz CT molecular complexity index is 1470. The Kier molecular flexibility index (Phi) is 12.3. The lowest BCUT2D eigenvalue weighted by atomic mass is 10.0. The number of carboxylic acids is 1. The maximum Gasteiger partial charge on any atom is 0.328 e. The van der Waals surface area contributed by atoms with Crippen molar-refractivity contribution >= 4 is 40.4 Å². The first-order chi connectivity index (χ1) is 21.0. The Morgan fingerprint density at radius 3 is 2.02 bits per heavy atom. The third-order valence-corrected chi connectivity index (χ3v) is 6.82. The predicted octanol–water partition coefficient (Wildman–Crippen LogP) is -1.02. The first-order valence-corrected chi connectivity index (χ1v) is 13.9. The smallest absolute Gasteiger partial charge is 0.328 e. The van der Waals surface area contributed by atoms with Gasteiger partial charge < -0.3 is 42.3 Å². The van der Waals surface area contributed by atoms with E-state index in [2.05, 4.69) is 16.0 Å². The van der Waals surface area contributed by atoms with Gasteiger partial charge in [0.15, 0.2) is 0 Å². The maximum absolute atomic E-state index is 13.2. The third kappa shape index (κ3) is 9.87. The molecule has 3 aromatic carbocycles. The summed E-state index contributed by atoms with van der Waals surface area (Å²) in [5, 5.41) is 39.5. The van der Waals surface area contributed by atoms with E-state index in [-0.39, 0.29) is 12.8 Å². The van der Waals surface area contributed by atoms with Gasteiger partial charge in [-0.25, -0.2) is 4.79 Å². The van der Waals surface area contributed by atoms with E-state index in [1.165, 1.54) is 6.92 Å². The lowest BCUT2D eigenvalue weighted by molar-refractivity contribution is -0.144. The van der Waals surface area contributed by atoms with Crippen LogP contribution in [0.5, 0.6) is 0 Å². The number of carboxylic acid groups (broad SMARTS) is 1. The van der Waals surface area contributed by atoms with Crippen molar-refractivity contribution < 1.29 is 39.3 Å². The zero-order chi connectivity index (χ0) is 32.2. The molecule has 0 saturated carbocycles. The quantitative estimate of drug-likeness (QED) is 0.106. The van der Waals surface area contributed by atoms with Crippen molar-refractivity contribution in [1.82, 2.24) is 21.3 Å². The summed E-state index contributed by atoms with van der Waals surface area (Å²) < 4.78 is 0. The van der Waals surface area contributed by atoms with Gasteiger partial charge in [0.2, 0.25) is 23.6 Å². The highest BCUT2D eigenvalue weighted by molar-refractivity contribution is 5.94. The summed E-state index contributed by atoms with van der Waals surface area (Å²) in [6, 6.07) is 17.2. The van der Waals surface area contributed by atoms with Crippen LogP contribution in [0.15, 0.2) is 72.8 Å². The van der Waals surface area contributed by atoms with Crippen LogP contribution >= 0.6 is 0 Å². The SMILES string of the molecule is C[C@H](O)[C@@H](NC(=O)CNC(=O)[C@@H](Cc1ccccc1)NC(=O)[C@H](N)Cc1ccc2ccccc2c1)C(=O)N[C@H](CO)C(=O)O. The molecule has 9 N–H and O–H groups in total. The van der Waals surface area contributed by atoms with Gasteiger partial charge in [0.05, 0.1) is 25.3 Å². The largest absolute Gasteiger partial charge is 0.480 e. The van der Waals surface area contributed by atoms with Gasteiger partial charge in [-0.15, -0.1) is 0 Å². The molecule has 0 spiro atoms. The second kappa shape index (κ2) is 16.1. The second-order valence-corrected chi connectivity index (χ2v) is 10.3. The highest BCUT2D eigenvalue weighted by Crippen LogP contribution is 2.16. The molecule has 234 valence electrons. The van der Waals surface area contributed by atoms with Gasteiger partial charge in [-0.3, -0.25) is 19.2 Å². The molecule has 0 radical (unpaired) electrons. The maximum atomic E-state index is 13.2. The Hall–Kier alpha value is -4.85. The Balaban J connectivity index is 1.64. The van der Waals surface area contributed by atoms with Gasteiger partial charge >= 0.3 is 5.97 Å². The van der Waals surface area contributed by atoms with Crippen LogP contribution in [-0.2, 0) is 36.8 Å². The molecule has 13 heteroatoms. The monoisotopic (exact) mass is 607 g/mol. The van der Waals surface area contributed by atoms with Crippen molar-refractivity contribution in [3.8, 4) is 0 Å². The first kappa shape index (κ1) is 33.6. The molecule has 0 aliphatic carbocycles. The van der Waals surface area contributed by atoms with Crippen molar-refractivity contribution in [2.75, 3.05) is 13.2 Å². The van der Waals surface area contributed by atoms with Crippen molar-refractivity contribution in [1.29, 1.82) is 0 Å². The van der Waals surface area contributed by atoms with E-state index in [0.717, 1.165) is 21.9 Å². The summed E-state index contributed by atoms with van der Waals surface area (Å²) >= 11 is 0. The van der Waals surface area contributed by atoms with Crippen LogP contribution in [0.2, 0.25) is 0 Å². The second-order valence-electron chi connectivity index (χ2n) is 10.3. The zero-order valence-corrected chi connectivity index (χ0v) is 24.1. The average molecular weight is 608 g/mol. The molecule has 0 aliphatic heterocycles. The number of aliphatic hydroxyl groups is 2. The van der Waals surface area contributed by atoms with Crippen LogP contribution in [0.3, 0.4) is 0 Å². The van der Waals surface area contributed by atoms with Crippen LogP contribution in [0.25, 0.3) is 10.8 Å². The number of amides is 4. The molecule has 0 fully saturated rings. The molecular weight excluding hydrogens is 570 g/mol. The number of fused-ring (bicyclic) bond motifs is 1. The number of hydrogen-bond acceptors (Lipinski definition) is 8. The van der Waals surface area contributed by atoms with Crippen LogP contribution < -0.4 is 27.0 Å². The standard InChI is InChI=1S/C31H37N5O8/c1-18(38)27(30(42)35-25(17-37)31(43)44)36-26(39)16-33-29(41)24(15-19-7-3-2-4-8-19)34-28(40)23(32)14-20-11-12-21-9-5-6-10-22(21)13-20/h2-13,18,23-25,27,37-38H,14-17,32H2,1H3,(H,33,41)(H,34,40)(H,35,42)(H,36,39)(H,43,44)/t18-,23+,24+,25+,27+/m0/s1. The molecule has 0 saturated heterocycles. The van der Waals surface area contributed by atoms with E-state index >= 15 is 0 Å². The highest BCUT2D eigenvalue weighted by Gasteiger charge is 2.30. The summed E-state index contributed by atoms with van der Waals surface area (Å²) in [6.45, 7) is -0.329. The van der Waals surface area contributed by atoms with Crippen molar-refractivity contribution in [2.24, 2.45) is 5.73 Å². The fraction of sp³-hybridized carbons (Fsp3) is 0.323. The number of carbonyl (C=O) groups is 5. The number of carbonyl (C=O) groups excluding carboxylic acids is 4. The number of rotatable bonds is 15. The van der Waals surface area contributed by atoms with Gasteiger partial charge in [0.1, 0.15) is 18.1 Å². The van der Waals surface area contributed by atoms with Gasteiger partial charge in [-0.1, -0.05) is 72.8 Å². The molecular formula is C31H37N5O8. The number of nitrogens with one attached hydrogen (secondary N) is 4. The van der Waals surface area contributed by atoms with Gasteiger partial charge in [-0.2, -0.15) is 0 Å². The van der Waals surface area contributed by atoms with Gasteiger partial charge in [0.25, 0.3) is 0 Å². The summed E-state index contributed by atoms with van der Waals surface area (Å²) in [6.07, 6.45) is -1.11. The van der Waals surface area contributed by atoms with Crippen LogP contribution in [0, 0.1) is 0 Å². The Morgan fingerprint density at radius 1 is 0.750 bits per heavy atom. The first-order valence-electron chi connectivity index (χ1n) is 13.9. The van der Waals surface area contributed by atoms with E-state index in [1.807, 2.05) is 47.8 Å². The summed E-state index contributed by atoms with van der Waals surface area (Å²) in [4.78, 5) is 62.3. The highest BCUT2D eigenvalue weighted by atomic mass is 16.4. The molecule has 4 amide bonds. The lowest BCUT2D eigenvalue weighted by Crippen LogP contribution is -2.58. The van der Waals surface area contributed by atoms with E-state index in [0.29, 0.717) is 0 Å². The van der Waals surface area contributed by atoms with E-state index in [1.54, 1.807) is 30.3 Å². The average Bonchev–Trinajstić information content (AvgIpc) is 3.00. The minimum absolute atomic E-state index is 0.0964. The Labute approximate surface area is 253 Å². The number of nitrogens with two attached hydrogens (primary N) is 1. The predicted molar refractivity (Wildman–Crippen MR) is 161 cm³/mol. The third-order valence-electron chi connectivity index (χ3n) is 6.82. The fourth-order valence-corrected chi connectivity index (χ4v) is 4.42. The molecule has 0 aromatic heterocycles. The molecule has 0 unspecified atom stereocenters. The normalized spacial score (nSPS) is 14.4. The molecule has 0 aliphatic rings. The van der Waals surface area contributed by atoms with E-state index in [4.69, 9.17) is 15.9 Å². The van der Waals surface area contributed by atoms with Crippen LogP contribution in [0.4, 0.5) is 0 Å². The molecule has 5 atom stereocenters.